The van der Waals surface area contributed by atoms with Crippen LogP contribution >= 0.6 is 0 Å². The van der Waals surface area contributed by atoms with E-state index in [0.717, 1.165) is 31.2 Å². The van der Waals surface area contributed by atoms with Gasteiger partial charge in [-0.15, -0.1) is 0 Å². The van der Waals surface area contributed by atoms with Crippen molar-refractivity contribution in [2.75, 3.05) is 13.1 Å². The van der Waals surface area contributed by atoms with Crippen molar-refractivity contribution in [2.24, 2.45) is 5.92 Å². The molecule has 1 aromatic rings. The molecule has 0 amide bonds. The number of hydrogen-bond donors (Lipinski definition) is 1. The molecular formula is C18H27NO. The molecule has 20 heavy (non-hydrogen) atoms. The van der Waals surface area contributed by atoms with Crippen molar-refractivity contribution in [3.05, 3.63) is 35.9 Å². The largest absolute Gasteiger partial charge is 0.490 e. The van der Waals surface area contributed by atoms with Crippen LogP contribution < -0.4 is 10.1 Å². The topological polar surface area (TPSA) is 21.3 Å². The summed E-state index contributed by atoms with van der Waals surface area (Å²) in [5, 5.41) is 3.47. The van der Waals surface area contributed by atoms with Crippen LogP contribution in [0.25, 0.3) is 5.57 Å². The number of nitrogens with one attached hydrogen (secondary N) is 1. The highest BCUT2D eigenvalue weighted by atomic mass is 16.5. The van der Waals surface area contributed by atoms with Crippen molar-refractivity contribution < 1.29 is 4.74 Å². The lowest BCUT2D eigenvalue weighted by Crippen LogP contribution is -2.20. The number of benzene rings is 1. The summed E-state index contributed by atoms with van der Waals surface area (Å²) in [4.78, 5) is 0. The Balaban J connectivity index is 1.82. The number of rotatable bonds is 8. The van der Waals surface area contributed by atoms with Gasteiger partial charge < -0.3 is 10.1 Å². The van der Waals surface area contributed by atoms with E-state index in [1.165, 1.54) is 24.0 Å². The zero-order chi connectivity index (χ0) is 14.4. The zero-order valence-electron chi connectivity index (χ0n) is 13.0. The molecule has 1 aromatic carbocycles. The minimum atomic E-state index is 0.467. The molecule has 2 heteroatoms. The maximum Gasteiger partial charge on any atom is 0.120 e. The molecular weight excluding hydrogens is 246 g/mol. The van der Waals surface area contributed by atoms with Crippen molar-refractivity contribution in [3.63, 3.8) is 0 Å². The lowest BCUT2D eigenvalue weighted by atomic mass is 10.1. The molecule has 0 unspecified atom stereocenters. The van der Waals surface area contributed by atoms with Gasteiger partial charge >= 0.3 is 0 Å². The fourth-order valence-corrected chi connectivity index (χ4v) is 2.09. The van der Waals surface area contributed by atoms with Crippen LogP contribution in [-0.2, 0) is 0 Å². The van der Waals surface area contributed by atoms with Gasteiger partial charge in [0.15, 0.2) is 0 Å². The normalized spacial score (nSPS) is 15.7. The van der Waals surface area contributed by atoms with Crippen LogP contribution in [0.2, 0.25) is 0 Å². The molecule has 0 bridgehead atoms. The maximum absolute atomic E-state index is 5.85. The molecule has 0 atom stereocenters. The van der Waals surface area contributed by atoms with Gasteiger partial charge in [-0.05, 0) is 68.5 Å². The summed E-state index contributed by atoms with van der Waals surface area (Å²) in [6, 6.07) is 8.46. The zero-order valence-corrected chi connectivity index (χ0v) is 13.0. The van der Waals surface area contributed by atoms with Crippen molar-refractivity contribution >= 4 is 5.57 Å². The third-order valence-corrected chi connectivity index (χ3v) is 3.44. The van der Waals surface area contributed by atoms with E-state index in [9.17, 15) is 0 Å². The average Bonchev–Trinajstić information content (AvgIpc) is 3.22. The van der Waals surface area contributed by atoms with Crippen LogP contribution in [0.4, 0.5) is 0 Å². The van der Waals surface area contributed by atoms with Gasteiger partial charge in [0, 0.05) is 0 Å². The molecule has 0 saturated heterocycles. The highest BCUT2D eigenvalue weighted by Crippen LogP contribution is 2.28. The Labute approximate surface area is 123 Å². The first-order chi connectivity index (χ1) is 9.65. The van der Waals surface area contributed by atoms with Gasteiger partial charge in [0.25, 0.3) is 0 Å². The predicted molar refractivity (Wildman–Crippen MR) is 86.1 cm³/mol. The summed E-state index contributed by atoms with van der Waals surface area (Å²) in [6.07, 6.45) is 6.27. The summed E-state index contributed by atoms with van der Waals surface area (Å²) in [7, 11) is 0. The minimum absolute atomic E-state index is 0.467. The smallest absolute Gasteiger partial charge is 0.120 e. The molecule has 0 aliphatic heterocycles. The Morgan fingerprint density at radius 3 is 2.90 bits per heavy atom. The Kier molecular flexibility index (Phi) is 5.66. The van der Waals surface area contributed by atoms with Crippen molar-refractivity contribution in [3.8, 4) is 5.75 Å². The summed E-state index contributed by atoms with van der Waals surface area (Å²) in [5.74, 6) is 1.73. The quantitative estimate of drug-likeness (QED) is 0.714. The summed E-state index contributed by atoms with van der Waals surface area (Å²) < 4.78 is 5.85. The van der Waals surface area contributed by atoms with Crippen LogP contribution in [0, 0.1) is 5.92 Å². The third-order valence-electron chi connectivity index (χ3n) is 3.44. The highest BCUT2D eigenvalue weighted by Gasteiger charge is 2.23. The molecule has 0 aromatic heterocycles. The molecule has 0 heterocycles. The maximum atomic E-state index is 5.85. The summed E-state index contributed by atoms with van der Waals surface area (Å²) >= 11 is 0. The van der Waals surface area contributed by atoms with Gasteiger partial charge in [-0.1, -0.05) is 32.1 Å². The van der Waals surface area contributed by atoms with E-state index in [-0.39, 0.29) is 0 Å². The molecule has 1 saturated carbocycles. The first-order valence-corrected chi connectivity index (χ1v) is 7.79. The molecule has 1 fully saturated rings. The van der Waals surface area contributed by atoms with Gasteiger partial charge in [0.1, 0.15) is 5.75 Å². The van der Waals surface area contributed by atoms with E-state index in [1.807, 2.05) is 0 Å². The van der Waals surface area contributed by atoms with Crippen LogP contribution in [0.5, 0.6) is 5.75 Å². The van der Waals surface area contributed by atoms with E-state index >= 15 is 0 Å². The first-order valence-electron chi connectivity index (χ1n) is 7.79. The lowest BCUT2D eigenvalue weighted by molar-refractivity contribution is 0.303. The van der Waals surface area contributed by atoms with E-state index in [0.29, 0.717) is 6.10 Å². The predicted octanol–water partition coefficient (Wildman–Crippen LogP) is 4.27. The minimum Gasteiger partial charge on any atom is -0.490 e. The molecule has 0 spiro atoms. The second kappa shape index (κ2) is 7.49. The lowest BCUT2D eigenvalue weighted by Gasteiger charge is -2.08. The third kappa shape index (κ3) is 5.38. The Hall–Kier alpha value is -1.28. The first kappa shape index (κ1) is 15.1. The van der Waals surface area contributed by atoms with Gasteiger partial charge in [-0.3, -0.25) is 0 Å². The fourth-order valence-electron chi connectivity index (χ4n) is 2.09. The molecule has 1 N–H and O–H groups in total. The van der Waals surface area contributed by atoms with E-state index < -0.39 is 0 Å². The van der Waals surface area contributed by atoms with Gasteiger partial charge in [0.05, 0.1) is 6.10 Å². The van der Waals surface area contributed by atoms with E-state index in [4.69, 9.17) is 4.74 Å². The second-order valence-corrected chi connectivity index (χ2v) is 6.12. The monoisotopic (exact) mass is 273 g/mol. The Bertz CT molecular complexity index is 446. The van der Waals surface area contributed by atoms with Crippen LogP contribution in [-0.4, -0.2) is 19.2 Å². The second-order valence-electron chi connectivity index (χ2n) is 6.12. The Morgan fingerprint density at radius 1 is 1.40 bits per heavy atom. The van der Waals surface area contributed by atoms with Gasteiger partial charge in [0.2, 0.25) is 0 Å². The van der Waals surface area contributed by atoms with Gasteiger partial charge in [-0.2, -0.15) is 0 Å². The number of hydrogen-bond acceptors (Lipinski definition) is 2. The molecule has 2 rings (SSSR count). The van der Waals surface area contributed by atoms with E-state index in [1.54, 1.807) is 0 Å². The molecule has 0 radical (unpaired) electrons. The Morgan fingerprint density at radius 2 is 2.20 bits per heavy atom. The summed E-state index contributed by atoms with van der Waals surface area (Å²) in [5.41, 5.74) is 2.60. The van der Waals surface area contributed by atoms with E-state index in [2.05, 4.69) is 56.4 Å². The molecule has 110 valence electrons. The molecule has 1 aliphatic rings. The van der Waals surface area contributed by atoms with Crippen molar-refractivity contribution in [1.82, 2.24) is 5.32 Å². The van der Waals surface area contributed by atoms with Crippen LogP contribution in [0.15, 0.2) is 30.3 Å². The van der Waals surface area contributed by atoms with Crippen molar-refractivity contribution in [1.29, 1.82) is 0 Å². The van der Waals surface area contributed by atoms with Crippen LogP contribution in [0.1, 0.15) is 45.6 Å². The SMILES string of the molecule is C/C(=C/CCNCC(C)C)c1cccc(OC2CC2)c1. The molecule has 2 nitrogen and oxygen atoms in total. The fraction of sp³-hybridized carbons (Fsp3) is 0.556. The average molecular weight is 273 g/mol. The molecule has 1 aliphatic carbocycles. The van der Waals surface area contributed by atoms with Gasteiger partial charge in [-0.25, -0.2) is 0 Å². The van der Waals surface area contributed by atoms with Crippen molar-refractivity contribution in [2.45, 2.75) is 46.1 Å². The standard InChI is InChI=1S/C18H27NO/c1-14(2)13-19-11-5-6-15(3)16-7-4-8-18(12-16)20-17-9-10-17/h4,6-8,12,14,17,19H,5,9-11,13H2,1-3H3/b15-6-. The number of allylic oxidation sites excluding steroid dienone is 1. The number of ether oxygens (including phenoxy) is 1. The summed E-state index contributed by atoms with van der Waals surface area (Å²) in [6.45, 7) is 8.79. The van der Waals surface area contributed by atoms with Crippen LogP contribution in [0.3, 0.4) is 0 Å². The highest BCUT2D eigenvalue weighted by molar-refractivity contribution is 5.64.